The number of aromatic nitrogens is 3. The summed E-state index contributed by atoms with van der Waals surface area (Å²) in [4.78, 5) is 20.2. The molecule has 6 nitrogen and oxygen atoms in total. The van der Waals surface area contributed by atoms with Crippen LogP contribution in [0.25, 0.3) is 11.0 Å². The SMILES string of the molecule is CSc1ccccc1NC(=O)[C@H](C)On1nnc2ccc(Cl)cc21. The van der Waals surface area contributed by atoms with E-state index in [1.807, 2.05) is 30.5 Å². The molecule has 3 aromatic rings. The molecule has 0 saturated carbocycles. The van der Waals surface area contributed by atoms with Gasteiger partial charge in [0.15, 0.2) is 0 Å². The van der Waals surface area contributed by atoms with E-state index >= 15 is 0 Å². The summed E-state index contributed by atoms with van der Waals surface area (Å²) in [5.74, 6) is -0.276. The first-order valence-corrected chi connectivity index (χ1v) is 8.81. The Labute approximate surface area is 148 Å². The van der Waals surface area contributed by atoms with E-state index in [0.29, 0.717) is 16.1 Å². The third-order valence-electron chi connectivity index (χ3n) is 3.37. The van der Waals surface area contributed by atoms with Gasteiger partial charge in [-0.2, -0.15) is 0 Å². The maximum Gasteiger partial charge on any atom is 0.268 e. The molecule has 0 aliphatic rings. The van der Waals surface area contributed by atoms with Crippen molar-refractivity contribution in [2.24, 2.45) is 0 Å². The van der Waals surface area contributed by atoms with Gasteiger partial charge in [-0.25, -0.2) is 0 Å². The molecule has 24 heavy (non-hydrogen) atoms. The number of carbonyl (C=O) groups is 1. The van der Waals surface area contributed by atoms with Gasteiger partial charge in [0.1, 0.15) is 11.0 Å². The number of hydrogen-bond donors (Lipinski definition) is 1. The van der Waals surface area contributed by atoms with E-state index in [2.05, 4.69) is 15.6 Å². The minimum Gasteiger partial charge on any atom is -0.382 e. The molecule has 1 amide bonds. The lowest BCUT2D eigenvalue weighted by Crippen LogP contribution is -2.35. The van der Waals surface area contributed by atoms with Crippen LogP contribution in [0, 0.1) is 0 Å². The van der Waals surface area contributed by atoms with Crippen molar-refractivity contribution in [1.29, 1.82) is 0 Å². The molecule has 124 valence electrons. The van der Waals surface area contributed by atoms with E-state index in [1.54, 1.807) is 36.9 Å². The average molecular weight is 363 g/mol. The Morgan fingerprint density at radius 1 is 1.33 bits per heavy atom. The van der Waals surface area contributed by atoms with Gasteiger partial charge in [0, 0.05) is 9.92 Å². The van der Waals surface area contributed by atoms with Crippen LogP contribution in [0.4, 0.5) is 5.69 Å². The lowest BCUT2D eigenvalue weighted by Gasteiger charge is -2.15. The predicted octanol–water partition coefficient (Wildman–Crippen LogP) is 3.26. The van der Waals surface area contributed by atoms with Crippen LogP contribution in [0.5, 0.6) is 0 Å². The summed E-state index contributed by atoms with van der Waals surface area (Å²) in [5, 5.41) is 11.3. The zero-order valence-corrected chi connectivity index (χ0v) is 14.6. The topological polar surface area (TPSA) is 69.0 Å². The molecular weight excluding hydrogens is 348 g/mol. The van der Waals surface area contributed by atoms with E-state index in [-0.39, 0.29) is 5.91 Å². The third-order valence-corrected chi connectivity index (χ3v) is 4.40. The van der Waals surface area contributed by atoms with E-state index in [0.717, 1.165) is 10.6 Å². The normalized spacial score (nSPS) is 12.1. The molecule has 1 heterocycles. The summed E-state index contributed by atoms with van der Waals surface area (Å²) < 4.78 is 0. The highest BCUT2D eigenvalue weighted by molar-refractivity contribution is 7.98. The molecule has 0 aliphatic carbocycles. The molecule has 3 rings (SSSR count). The molecule has 0 radical (unpaired) electrons. The second-order valence-electron chi connectivity index (χ2n) is 5.03. The van der Waals surface area contributed by atoms with Crippen molar-refractivity contribution in [3.63, 3.8) is 0 Å². The molecule has 0 spiro atoms. The summed E-state index contributed by atoms with van der Waals surface area (Å²) in [6.07, 6.45) is 1.19. The average Bonchev–Trinajstić information content (AvgIpc) is 2.97. The first-order valence-electron chi connectivity index (χ1n) is 7.20. The second-order valence-corrected chi connectivity index (χ2v) is 6.32. The summed E-state index contributed by atoms with van der Waals surface area (Å²) in [5.41, 5.74) is 1.99. The number of hydrogen-bond acceptors (Lipinski definition) is 5. The van der Waals surface area contributed by atoms with Gasteiger partial charge in [0.25, 0.3) is 5.91 Å². The summed E-state index contributed by atoms with van der Waals surface area (Å²) in [6.45, 7) is 1.65. The number of carbonyl (C=O) groups excluding carboxylic acids is 1. The van der Waals surface area contributed by atoms with E-state index < -0.39 is 6.10 Å². The molecule has 0 aliphatic heterocycles. The quantitative estimate of drug-likeness (QED) is 0.705. The Morgan fingerprint density at radius 2 is 2.12 bits per heavy atom. The van der Waals surface area contributed by atoms with Crippen LogP contribution in [-0.4, -0.2) is 33.4 Å². The highest BCUT2D eigenvalue weighted by atomic mass is 35.5. The number of fused-ring (bicyclic) bond motifs is 1. The third kappa shape index (κ3) is 3.47. The molecule has 0 unspecified atom stereocenters. The van der Waals surface area contributed by atoms with Gasteiger partial charge in [0.05, 0.1) is 5.69 Å². The van der Waals surface area contributed by atoms with Crippen LogP contribution in [0.15, 0.2) is 47.4 Å². The Balaban J connectivity index is 1.75. The lowest BCUT2D eigenvalue weighted by atomic mass is 10.3. The van der Waals surface area contributed by atoms with Crippen LogP contribution in [0.3, 0.4) is 0 Å². The Hall–Kier alpha value is -2.25. The Kier molecular flexibility index (Phi) is 4.92. The Morgan fingerprint density at radius 3 is 2.92 bits per heavy atom. The van der Waals surface area contributed by atoms with Gasteiger partial charge in [0.2, 0.25) is 6.10 Å². The number of para-hydroxylation sites is 1. The largest absolute Gasteiger partial charge is 0.382 e. The molecular formula is C16H15ClN4O2S. The van der Waals surface area contributed by atoms with Crippen molar-refractivity contribution in [3.8, 4) is 0 Å². The van der Waals surface area contributed by atoms with Crippen molar-refractivity contribution in [2.45, 2.75) is 17.9 Å². The molecule has 0 bridgehead atoms. The van der Waals surface area contributed by atoms with Crippen LogP contribution < -0.4 is 10.2 Å². The molecule has 2 aromatic carbocycles. The van der Waals surface area contributed by atoms with Crippen molar-refractivity contribution >= 4 is 46.0 Å². The van der Waals surface area contributed by atoms with Gasteiger partial charge in [-0.15, -0.1) is 16.9 Å². The number of benzene rings is 2. The molecule has 0 fully saturated rings. The zero-order valence-electron chi connectivity index (χ0n) is 13.1. The number of rotatable bonds is 5. The van der Waals surface area contributed by atoms with Crippen LogP contribution >= 0.6 is 23.4 Å². The summed E-state index contributed by atoms with van der Waals surface area (Å²) in [7, 11) is 0. The maximum atomic E-state index is 12.4. The minimum absolute atomic E-state index is 0.276. The van der Waals surface area contributed by atoms with E-state index in [4.69, 9.17) is 16.4 Å². The number of anilines is 1. The number of nitrogens with zero attached hydrogens (tertiary/aromatic N) is 3. The first kappa shape index (κ1) is 16.6. The molecule has 1 atom stereocenters. The second kappa shape index (κ2) is 7.11. The summed E-state index contributed by atoms with van der Waals surface area (Å²) in [6, 6.07) is 12.7. The predicted molar refractivity (Wildman–Crippen MR) is 95.4 cm³/mol. The molecule has 1 N–H and O–H groups in total. The Bertz CT molecular complexity index is 883. The van der Waals surface area contributed by atoms with Crippen LogP contribution in [0.2, 0.25) is 5.02 Å². The summed E-state index contributed by atoms with van der Waals surface area (Å²) >= 11 is 7.54. The van der Waals surface area contributed by atoms with Crippen LogP contribution in [-0.2, 0) is 4.79 Å². The highest BCUT2D eigenvalue weighted by Crippen LogP contribution is 2.24. The van der Waals surface area contributed by atoms with Crippen molar-refractivity contribution in [2.75, 3.05) is 11.6 Å². The number of amides is 1. The van der Waals surface area contributed by atoms with Crippen molar-refractivity contribution < 1.29 is 9.63 Å². The van der Waals surface area contributed by atoms with E-state index in [9.17, 15) is 4.79 Å². The highest BCUT2D eigenvalue weighted by Gasteiger charge is 2.18. The fourth-order valence-electron chi connectivity index (χ4n) is 2.13. The molecule has 8 heteroatoms. The van der Waals surface area contributed by atoms with Gasteiger partial charge in [-0.3, -0.25) is 4.79 Å². The maximum absolute atomic E-state index is 12.4. The first-order chi connectivity index (χ1) is 11.6. The van der Waals surface area contributed by atoms with Gasteiger partial charge in [-0.05, 0) is 48.7 Å². The fourth-order valence-corrected chi connectivity index (χ4v) is 2.85. The zero-order chi connectivity index (χ0) is 17.1. The monoisotopic (exact) mass is 362 g/mol. The lowest BCUT2D eigenvalue weighted by molar-refractivity contribution is -0.127. The fraction of sp³-hybridized carbons (Fsp3) is 0.188. The van der Waals surface area contributed by atoms with Crippen molar-refractivity contribution in [3.05, 3.63) is 47.5 Å². The van der Waals surface area contributed by atoms with Gasteiger partial charge >= 0.3 is 0 Å². The minimum atomic E-state index is -0.760. The number of thioether (sulfide) groups is 1. The van der Waals surface area contributed by atoms with E-state index in [1.165, 1.54) is 4.85 Å². The van der Waals surface area contributed by atoms with Gasteiger partial charge < -0.3 is 10.2 Å². The van der Waals surface area contributed by atoms with Crippen molar-refractivity contribution in [1.82, 2.24) is 15.2 Å². The standard InChI is InChI=1S/C16H15ClN4O2S/c1-10(16(22)18-13-5-3-4-6-15(13)24-2)23-21-14-9-11(17)7-8-12(14)19-20-21/h3-10H,1-2H3,(H,18,22)/t10-/m0/s1. The van der Waals surface area contributed by atoms with Gasteiger partial charge in [-0.1, -0.05) is 28.6 Å². The van der Waals surface area contributed by atoms with Crippen LogP contribution in [0.1, 0.15) is 6.92 Å². The number of halogens is 1. The number of nitrogens with one attached hydrogen (secondary N) is 1. The smallest absolute Gasteiger partial charge is 0.268 e. The molecule has 0 saturated heterocycles. The molecule has 1 aromatic heterocycles.